The van der Waals surface area contributed by atoms with Crippen molar-refractivity contribution in [1.29, 1.82) is 10.5 Å². The molecule has 3 nitrogen and oxygen atoms in total. The molecule has 0 aliphatic rings. The first-order valence-corrected chi connectivity index (χ1v) is 9.94. The second kappa shape index (κ2) is 11.0. The van der Waals surface area contributed by atoms with Crippen LogP contribution in [0, 0.1) is 22.7 Å². The Morgan fingerprint density at radius 1 is 0.778 bits per heavy atom. The first-order chi connectivity index (χ1) is 13.2. The van der Waals surface area contributed by atoms with Gasteiger partial charge in [-0.2, -0.15) is 10.5 Å². The van der Waals surface area contributed by atoms with Crippen LogP contribution in [0.25, 0.3) is 11.1 Å². The third-order valence-electron chi connectivity index (χ3n) is 4.75. The molecule has 0 saturated heterocycles. The summed E-state index contributed by atoms with van der Waals surface area (Å²) in [6, 6.07) is 16.3. The average molecular weight is 361 g/mol. The summed E-state index contributed by atoms with van der Waals surface area (Å²) < 4.78 is 5.70. The van der Waals surface area contributed by atoms with Crippen molar-refractivity contribution in [2.45, 2.75) is 58.8 Å². The minimum absolute atomic E-state index is 0.477. The third-order valence-corrected chi connectivity index (χ3v) is 4.75. The number of hydrogen-bond donors (Lipinski definition) is 0. The Kier molecular flexibility index (Phi) is 8.40. The van der Waals surface area contributed by atoms with E-state index < -0.39 is 0 Å². The van der Waals surface area contributed by atoms with Crippen LogP contribution < -0.4 is 4.74 Å². The molecule has 2 aromatic carbocycles. The van der Waals surface area contributed by atoms with E-state index in [1.54, 1.807) is 0 Å². The van der Waals surface area contributed by atoms with Crippen LogP contribution in [-0.2, 0) is 6.42 Å². The van der Waals surface area contributed by atoms with Gasteiger partial charge in [0.25, 0.3) is 0 Å². The fourth-order valence-corrected chi connectivity index (χ4v) is 3.15. The molecule has 0 heterocycles. The normalized spacial score (nSPS) is 10.2. The Balaban J connectivity index is 2.24. The van der Waals surface area contributed by atoms with Gasteiger partial charge in [0, 0.05) is 5.56 Å². The highest BCUT2D eigenvalue weighted by Gasteiger charge is 2.14. The van der Waals surface area contributed by atoms with E-state index >= 15 is 0 Å². The van der Waals surface area contributed by atoms with Crippen LogP contribution in [0.5, 0.6) is 5.75 Å². The molecule has 0 aliphatic heterocycles. The topological polar surface area (TPSA) is 56.8 Å². The van der Waals surface area contributed by atoms with Gasteiger partial charge < -0.3 is 4.74 Å². The predicted molar refractivity (Wildman–Crippen MR) is 110 cm³/mol. The zero-order chi connectivity index (χ0) is 19.5. The molecule has 0 aromatic heterocycles. The van der Waals surface area contributed by atoms with E-state index in [1.165, 1.54) is 12.8 Å². The third kappa shape index (κ3) is 5.60. The lowest BCUT2D eigenvalue weighted by Crippen LogP contribution is -1.98. The maximum Gasteiger partial charge on any atom is 0.119 e. The molecule has 0 unspecified atom stereocenters. The van der Waals surface area contributed by atoms with Crippen molar-refractivity contribution in [2.75, 3.05) is 6.61 Å². The van der Waals surface area contributed by atoms with Gasteiger partial charge >= 0.3 is 0 Å². The standard InChI is InChI=1S/C24H28N2O/c1-3-5-7-8-9-19-12-15-22(24(18-26)23(19)17-25)20-10-13-21(14-11-20)27-16-6-4-2/h10-15H,3-9,16H2,1-2H3. The predicted octanol–water partition coefficient (Wildman–Crippen LogP) is 6.40. The van der Waals surface area contributed by atoms with Crippen LogP contribution in [0.2, 0.25) is 0 Å². The summed E-state index contributed by atoms with van der Waals surface area (Å²) >= 11 is 0. The fourth-order valence-electron chi connectivity index (χ4n) is 3.15. The average Bonchev–Trinajstić information content (AvgIpc) is 2.71. The molecule has 0 N–H and O–H groups in total. The van der Waals surface area contributed by atoms with Gasteiger partial charge in [-0.25, -0.2) is 0 Å². The van der Waals surface area contributed by atoms with Crippen molar-refractivity contribution in [3.05, 3.63) is 53.1 Å². The summed E-state index contributed by atoms with van der Waals surface area (Å²) in [5, 5.41) is 19.3. The molecular weight excluding hydrogens is 332 g/mol. The van der Waals surface area contributed by atoms with Crippen LogP contribution in [0.1, 0.15) is 69.1 Å². The molecule has 2 rings (SSSR count). The Hall–Kier alpha value is -2.78. The van der Waals surface area contributed by atoms with Gasteiger partial charge in [0.2, 0.25) is 0 Å². The van der Waals surface area contributed by atoms with E-state index in [1.807, 2.05) is 36.4 Å². The van der Waals surface area contributed by atoms with Crippen LogP contribution in [0.4, 0.5) is 0 Å². The Morgan fingerprint density at radius 2 is 1.48 bits per heavy atom. The summed E-state index contributed by atoms with van der Waals surface area (Å²) in [5.41, 5.74) is 3.73. The van der Waals surface area contributed by atoms with Gasteiger partial charge in [-0.3, -0.25) is 0 Å². The van der Waals surface area contributed by atoms with Crippen molar-refractivity contribution in [1.82, 2.24) is 0 Å². The molecule has 0 radical (unpaired) electrons. The first-order valence-electron chi connectivity index (χ1n) is 9.94. The Morgan fingerprint density at radius 3 is 2.11 bits per heavy atom. The Bertz CT molecular complexity index is 810. The molecular formula is C24H28N2O. The highest BCUT2D eigenvalue weighted by molar-refractivity contribution is 5.75. The number of unbranched alkanes of at least 4 members (excludes halogenated alkanes) is 4. The molecule has 140 valence electrons. The van der Waals surface area contributed by atoms with Gasteiger partial charge in [0.15, 0.2) is 0 Å². The van der Waals surface area contributed by atoms with Gasteiger partial charge in [-0.15, -0.1) is 0 Å². The fraction of sp³-hybridized carbons (Fsp3) is 0.417. The summed E-state index contributed by atoms with van der Waals surface area (Å²) in [7, 11) is 0. The van der Waals surface area contributed by atoms with Crippen molar-refractivity contribution >= 4 is 0 Å². The second-order valence-corrected chi connectivity index (χ2v) is 6.78. The summed E-state index contributed by atoms with van der Waals surface area (Å²) in [6.07, 6.45) is 7.59. The zero-order valence-corrected chi connectivity index (χ0v) is 16.4. The van der Waals surface area contributed by atoms with E-state index in [9.17, 15) is 10.5 Å². The maximum atomic E-state index is 9.70. The molecule has 0 bridgehead atoms. The number of aryl methyl sites for hydroxylation is 1. The lowest BCUT2D eigenvalue weighted by atomic mass is 9.91. The van der Waals surface area contributed by atoms with Crippen LogP contribution >= 0.6 is 0 Å². The molecule has 0 amide bonds. The van der Waals surface area contributed by atoms with Crippen LogP contribution in [0.15, 0.2) is 36.4 Å². The minimum Gasteiger partial charge on any atom is -0.494 e. The minimum atomic E-state index is 0.477. The molecule has 3 heteroatoms. The van der Waals surface area contributed by atoms with E-state index in [4.69, 9.17) is 4.74 Å². The smallest absolute Gasteiger partial charge is 0.119 e. The van der Waals surface area contributed by atoms with Crippen LogP contribution in [0.3, 0.4) is 0 Å². The van der Waals surface area contributed by atoms with E-state index in [0.717, 1.165) is 54.5 Å². The number of nitriles is 2. The van der Waals surface area contributed by atoms with Crippen molar-refractivity contribution < 1.29 is 4.74 Å². The largest absolute Gasteiger partial charge is 0.494 e. The van der Waals surface area contributed by atoms with Crippen molar-refractivity contribution in [3.63, 3.8) is 0 Å². The molecule has 2 aromatic rings. The molecule has 0 atom stereocenters. The van der Waals surface area contributed by atoms with Gasteiger partial charge in [0.05, 0.1) is 17.7 Å². The molecule has 0 fully saturated rings. The Labute approximate surface area is 163 Å². The number of benzene rings is 2. The highest BCUT2D eigenvalue weighted by atomic mass is 16.5. The molecule has 27 heavy (non-hydrogen) atoms. The van der Waals surface area contributed by atoms with Gasteiger partial charge in [0.1, 0.15) is 17.9 Å². The lowest BCUT2D eigenvalue weighted by Gasteiger charge is -2.12. The summed E-state index contributed by atoms with van der Waals surface area (Å²) in [4.78, 5) is 0. The number of ether oxygens (including phenoxy) is 1. The van der Waals surface area contributed by atoms with Gasteiger partial charge in [-0.1, -0.05) is 63.8 Å². The van der Waals surface area contributed by atoms with E-state index in [2.05, 4.69) is 26.0 Å². The summed E-state index contributed by atoms with van der Waals surface area (Å²) in [6.45, 7) is 5.03. The van der Waals surface area contributed by atoms with Crippen molar-refractivity contribution in [3.8, 4) is 29.0 Å². The maximum absolute atomic E-state index is 9.70. The first kappa shape index (κ1) is 20.5. The second-order valence-electron chi connectivity index (χ2n) is 6.78. The molecule has 0 saturated carbocycles. The number of rotatable bonds is 10. The highest BCUT2D eigenvalue weighted by Crippen LogP contribution is 2.30. The SMILES string of the molecule is CCCCCCc1ccc(-c2ccc(OCCCC)cc2)c(C#N)c1C#N. The molecule has 0 spiro atoms. The van der Waals surface area contributed by atoms with E-state index in [0.29, 0.717) is 17.7 Å². The zero-order valence-electron chi connectivity index (χ0n) is 16.4. The lowest BCUT2D eigenvalue weighted by molar-refractivity contribution is 0.309. The summed E-state index contributed by atoms with van der Waals surface area (Å²) in [5.74, 6) is 0.832. The van der Waals surface area contributed by atoms with Crippen LogP contribution in [-0.4, -0.2) is 6.61 Å². The quantitative estimate of drug-likeness (QED) is 0.461. The number of hydrogen-bond acceptors (Lipinski definition) is 3. The monoisotopic (exact) mass is 360 g/mol. The van der Waals surface area contributed by atoms with E-state index in [-0.39, 0.29) is 0 Å². The van der Waals surface area contributed by atoms with Gasteiger partial charge in [-0.05, 0) is 42.5 Å². The number of nitrogens with zero attached hydrogens (tertiary/aromatic N) is 2. The van der Waals surface area contributed by atoms with Crippen molar-refractivity contribution in [2.24, 2.45) is 0 Å². The molecule has 0 aliphatic carbocycles.